The zero-order valence-electron chi connectivity index (χ0n) is 8.79. The molecule has 1 fully saturated rings. The lowest BCUT2D eigenvalue weighted by Gasteiger charge is -2.40. The number of aryl methyl sites for hydroxylation is 2. The highest BCUT2D eigenvalue weighted by Gasteiger charge is 2.37. The van der Waals surface area contributed by atoms with Gasteiger partial charge in [-0.25, -0.2) is 0 Å². The third-order valence-corrected chi connectivity index (χ3v) is 5.19. The molecule has 2 nitrogen and oxygen atoms in total. The van der Waals surface area contributed by atoms with Crippen molar-refractivity contribution in [1.82, 2.24) is 10.2 Å². The van der Waals surface area contributed by atoms with Crippen molar-refractivity contribution in [3.8, 4) is 0 Å². The van der Waals surface area contributed by atoms with Gasteiger partial charge in [-0.3, -0.25) is 0 Å². The highest BCUT2D eigenvalue weighted by molar-refractivity contribution is 14.1. The maximum absolute atomic E-state index is 4.19. The predicted octanol–water partition coefficient (Wildman–Crippen LogP) is 3.02. The number of aromatic nitrogens is 2. The molecule has 0 bridgehead atoms. The highest BCUT2D eigenvalue weighted by Crippen LogP contribution is 2.47. The van der Waals surface area contributed by atoms with Gasteiger partial charge < -0.3 is 0 Å². The van der Waals surface area contributed by atoms with Crippen LogP contribution in [0.2, 0.25) is 0 Å². The van der Waals surface area contributed by atoms with Gasteiger partial charge in [0.25, 0.3) is 0 Å². The van der Waals surface area contributed by atoms with Gasteiger partial charge in [-0.05, 0) is 43.7 Å². The topological polar surface area (TPSA) is 25.8 Å². The molecule has 0 spiro atoms. The fraction of sp³-hybridized carbons (Fsp3) is 0.636. The van der Waals surface area contributed by atoms with Gasteiger partial charge in [-0.15, -0.1) is 0 Å². The van der Waals surface area contributed by atoms with E-state index in [1.165, 1.54) is 12.0 Å². The van der Waals surface area contributed by atoms with Crippen molar-refractivity contribution in [1.29, 1.82) is 0 Å². The normalized spacial score (nSPS) is 31.3. The zero-order chi connectivity index (χ0) is 10.3. The molecule has 3 unspecified atom stereocenters. The first-order chi connectivity index (χ1) is 6.59. The van der Waals surface area contributed by atoms with E-state index >= 15 is 0 Å². The van der Waals surface area contributed by atoms with Crippen molar-refractivity contribution in [2.45, 2.75) is 37.0 Å². The first-order valence-corrected chi connectivity index (χ1v) is 6.29. The second-order valence-electron chi connectivity index (χ2n) is 4.29. The molecule has 1 aromatic rings. The molecule has 0 saturated heterocycles. The predicted molar refractivity (Wildman–Crippen MR) is 65.8 cm³/mol. The largest absolute Gasteiger partial charge is 0.156 e. The van der Waals surface area contributed by atoms with E-state index in [0.717, 1.165) is 21.2 Å². The van der Waals surface area contributed by atoms with Gasteiger partial charge in [0.05, 0.1) is 11.4 Å². The third kappa shape index (κ3) is 1.66. The number of halogens is 1. The Morgan fingerprint density at radius 3 is 2.64 bits per heavy atom. The van der Waals surface area contributed by atoms with Crippen LogP contribution in [0.4, 0.5) is 0 Å². The maximum atomic E-state index is 4.19. The van der Waals surface area contributed by atoms with Gasteiger partial charge in [0.2, 0.25) is 0 Å². The first-order valence-electron chi connectivity index (χ1n) is 5.04. The summed E-state index contributed by atoms with van der Waals surface area (Å²) in [5.74, 6) is 1.56. The Kier molecular flexibility index (Phi) is 2.77. The maximum Gasteiger partial charge on any atom is 0.0635 e. The molecule has 0 amide bonds. The number of hydrogen-bond acceptors (Lipinski definition) is 2. The second kappa shape index (κ2) is 3.76. The van der Waals surface area contributed by atoms with Crippen molar-refractivity contribution >= 4 is 22.6 Å². The lowest BCUT2D eigenvalue weighted by Crippen LogP contribution is -2.34. The molecule has 1 aromatic heterocycles. The van der Waals surface area contributed by atoms with Crippen molar-refractivity contribution in [3.05, 3.63) is 23.0 Å². The minimum atomic E-state index is 0.708. The van der Waals surface area contributed by atoms with Gasteiger partial charge >= 0.3 is 0 Å². The van der Waals surface area contributed by atoms with E-state index in [-0.39, 0.29) is 0 Å². The van der Waals surface area contributed by atoms with Crippen LogP contribution in [-0.2, 0) is 0 Å². The summed E-state index contributed by atoms with van der Waals surface area (Å²) in [6, 6.07) is 2.20. The van der Waals surface area contributed by atoms with Crippen molar-refractivity contribution < 1.29 is 0 Å². The molecule has 0 N–H and O–H groups in total. The van der Waals surface area contributed by atoms with Crippen LogP contribution in [0.5, 0.6) is 0 Å². The average Bonchev–Trinajstić information content (AvgIpc) is 2.18. The van der Waals surface area contributed by atoms with Gasteiger partial charge in [0, 0.05) is 3.92 Å². The fourth-order valence-electron chi connectivity index (χ4n) is 2.11. The minimum absolute atomic E-state index is 0.708. The van der Waals surface area contributed by atoms with E-state index in [2.05, 4.69) is 52.7 Å². The van der Waals surface area contributed by atoms with E-state index in [1.54, 1.807) is 0 Å². The number of hydrogen-bond donors (Lipinski definition) is 0. The van der Waals surface area contributed by atoms with Crippen LogP contribution in [0, 0.1) is 19.8 Å². The second-order valence-corrected chi connectivity index (χ2v) is 5.73. The Hall–Kier alpha value is -0.190. The summed E-state index contributed by atoms with van der Waals surface area (Å²) in [5.41, 5.74) is 3.55. The molecule has 1 aliphatic rings. The van der Waals surface area contributed by atoms with E-state index < -0.39 is 0 Å². The summed E-state index contributed by atoms with van der Waals surface area (Å²) in [4.78, 5) is 0. The Labute approximate surface area is 98.6 Å². The molecule has 1 aliphatic carbocycles. The van der Waals surface area contributed by atoms with Crippen LogP contribution in [0.25, 0.3) is 0 Å². The van der Waals surface area contributed by atoms with Crippen LogP contribution in [0.15, 0.2) is 6.07 Å². The van der Waals surface area contributed by atoms with Crippen LogP contribution in [0.1, 0.15) is 36.2 Å². The van der Waals surface area contributed by atoms with Gasteiger partial charge in [-0.2, -0.15) is 10.2 Å². The van der Waals surface area contributed by atoms with Crippen molar-refractivity contribution in [2.75, 3.05) is 0 Å². The van der Waals surface area contributed by atoms with Crippen molar-refractivity contribution in [2.24, 2.45) is 5.92 Å². The summed E-state index contributed by atoms with van der Waals surface area (Å²) in [6.07, 6.45) is 1.31. The first kappa shape index (κ1) is 10.3. The summed E-state index contributed by atoms with van der Waals surface area (Å²) >= 11 is 2.56. The molecular formula is C11H15IN2. The minimum Gasteiger partial charge on any atom is -0.156 e. The monoisotopic (exact) mass is 302 g/mol. The van der Waals surface area contributed by atoms with E-state index in [0.29, 0.717) is 5.92 Å². The smallest absolute Gasteiger partial charge is 0.0635 e. The Balaban J connectivity index is 2.28. The standard InChI is InChI=1S/C11H15IN2/c1-6-4-10(11(6)12)9-5-7(2)13-14-8(9)3/h5-6,10-11H,4H2,1-3H3. The van der Waals surface area contributed by atoms with Gasteiger partial charge in [-0.1, -0.05) is 29.5 Å². The lowest BCUT2D eigenvalue weighted by atomic mass is 9.72. The summed E-state index contributed by atoms with van der Waals surface area (Å²) in [6.45, 7) is 6.40. The van der Waals surface area contributed by atoms with Crippen LogP contribution in [0.3, 0.4) is 0 Å². The molecule has 0 radical (unpaired) electrons. The summed E-state index contributed by atoms with van der Waals surface area (Å²) in [5, 5.41) is 8.26. The van der Waals surface area contributed by atoms with E-state index in [1.807, 2.05) is 6.92 Å². The summed E-state index contributed by atoms with van der Waals surface area (Å²) < 4.78 is 0.773. The molecule has 0 aliphatic heterocycles. The SMILES string of the molecule is Cc1cc(C2CC(C)C2I)c(C)nn1. The molecular weight excluding hydrogens is 287 g/mol. The molecule has 1 saturated carbocycles. The molecule has 0 aromatic carbocycles. The lowest BCUT2D eigenvalue weighted by molar-refractivity contribution is 0.316. The molecule has 14 heavy (non-hydrogen) atoms. The van der Waals surface area contributed by atoms with Crippen LogP contribution >= 0.6 is 22.6 Å². The van der Waals surface area contributed by atoms with Crippen molar-refractivity contribution in [3.63, 3.8) is 0 Å². The van der Waals surface area contributed by atoms with Gasteiger partial charge in [0.1, 0.15) is 0 Å². The summed E-state index contributed by atoms with van der Waals surface area (Å²) in [7, 11) is 0. The van der Waals surface area contributed by atoms with Crippen LogP contribution < -0.4 is 0 Å². The molecule has 76 valence electrons. The van der Waals surface area contributed by atoms with Gasteiger partial charge in [0.15, 0.2) is 0 Å². The molecule has 3 atom stereocenters. The number of alkyl halides is 1. The molecule has 3 heteroatoms. The van der Waals surface area contributed by atoms with Crippen LogP contribution in [-0.4, -0.2) is 14.1 Å². The zero-order valence-corrected chi connectivity index (χ0v) is 10.9. The Morgan fingerprint density at radius 1 is 1.36 bits per heavy atom. The van der Waals surface area contributed by atoms with E-state index in [4.69, 9.17) is 0 Å². The Morgan fingerprint density at radius 2 is 2.07 bits per heavy atom. The van der Waals surface area contributed by atoms with E-state index in [9.17, 15) is 0 Å². The third-order valence-electron chi connectivity index (χ3n) is 3.09. The average molecular weight is 302 g/mol. The molecule has 2 rings (SSSR count). The molecule has 1 heterocycles. The quantitative estimate of drug-likeness (QED) is 0.589. The Bertz CT molecular complexity index is 351. The number of nitrogens with zero attached hydrogens (tertiary/aromatic N) is 2. The number of rotatable bonds is 1. The fourth-order valence-corrected chi connectivity index (χ4v) is 3.08. The highest BCUT2D eigenvalue weighted by atomic mass is 127.